The van der Waals surface area contributed by atoms with Gasteiger partial charge in [0, 0.05) is 7.05 Å². The fourth-order valence-corrected chi connectivity index (χ4v) is 2.91. The van der Waals surface area contributed by atoms with Crippen LogP contribution in [0.2, 0.25) is 0 Å². The largest absolute Gasteiger partial charge is 0.504 e. The Hall–Kier alpha value is -2.54. The Bertz CT molecular complexity index is 830. The highest BCUT2D eigenvalue weighted by atomic mass is 32.2. The zero-order valence-corrected chi connectivity index (χ0v) is 14.6. The quantitative estimate of drug-likeness (QED) is 0.643. The number of rotatable bonds is 6. The van der Waals surface area contributed by atoms with Crippen molar-refractivity contribution in [3.63, 3.8) is 0 Å². The first-order chi connectivity index (χ1) is 11.3. The number of phenols is 1. The van der Waals surface area contributed by atoms with Gasteiger partial charge in [-0.15, -0.1) is 0 Å². The van der Waals surface area contributed by atoms with Gasteiger partial charge in [-0.3, -0.25) is 0 Å². The normalized spacial score (nSPS) is 11.6. The number of phenolic OH excluding ortho intramolecular Hbond substituents is 1. The van der Waals surface area contributed by atoms with E-state index in [0.717, 1.165) is 9.98 Å². The van der Waals surface area contributed by atoms with Crippen LogP contribution in [0.4, 0.5) is 0 Å². The molecule has 0 atom stereocenters. The minimum Gasteiger partial charge on any atom is -0.504 e. The molecule has 2 aromatic carbocycles. The van der Waals surface area contributed by atoms with E-state index in [1.807, 2.05) is 13.8 Å². The summed E-state index contributed by atoms with van der Waals surface area (Å²) in [6.45, 7) is 4.11. The van der Waals surface area contributed by atoms with Crippen LogP contribution < -0.4 is 4.74 Å². The lowest BCUT2D eigenvalue weighted by Gasteiger charge is -2.13. The standard InChI is InChI=1S/C17H20N2O4S/c1-4-23-17-11-14(7-10-16(17)20)12-18-19(3)24(21,22)15-8-5-13(2)6-9-15/h5-12,20H,4H2,1-3H3. The first-order valence-electron chi connectivity index (χ1n) is 7.40. The van der Waals surface area contributed by atoms with Crippen LogP contribution in [0.5, 0.6) is 11.5 Å². The number of nitrogens with zero attached hydrogens (tertiary/aromatic N) is 2. The van der Waals surface area contributed by atoms with Crippen LogP contribution in [0.1, 0.15) is 18.1 Å². The Morgan fingerprint density at radius 1 is 1.21 bits per heavy atom. The van der Waals surface area contributed by atoms with Crippen molar-refractivity contribution in [1.29, 1.82) is 0 Å². The molecule has 0 bridgehead atoms. The van der Waals surface area contributed by atoms with Gasteiger partial charge in [-0.2, -0.15) is 17.9 Å². The van der Waals surface area contributed by atoms with E-state index in [1.165, 1.54) is 19.3 Å². The molecule has 0 saturated heterocycles. The number of hydrogen-bond donors (Lipinski definition) is 1. The van der Waals surface area contributed by atoms with Crippen molar-refractivity contribution in [3.05, 3.63) is 53.6 Å². The third-order valence-electron chi connectivity index (χ3n) is 3.32. The van der Waals surface area contributed by atoms with Crippen molar-refractivity contribution in [2.24, 2.45) is 5.10 Å². The minimum absolute atomic E-state index is 0.0228. The highest BCUT2D eigenvalue weighted by molar-refractivity contribution is 7.89. The fourth-order valence-electron chi connectivity index (χ4n) is 1.95. The van der Waals surface area contributed by atoms with Crippen LogP contribution in [-0.4, -0.2) is 37.8 Å². The lowest BCUT2D eigenvalue weighted by molar-refractivity contribution is 0.318. The maximum absolute atomic E-state index is 12.4. The fraction of sp³-hybridized carbons (Fsp3) is 0.235. The Morgan fingerprint density at radius 3 is 2.50 bits per heavy atom. The molecule has 0 unspecified atom stereocenters. The molecule has 6 nitrogen and oxygen atoms in total. The summed E-state index contributed by atoms with van der Waals surface area (Å²) in [5, 5.41) is 13.6. The van der Waals surface area contributed by atoms with Crippen LogP contribution in [-0.2, 0) is 10.0 Å². The summed E-state index contributed by atoms with van der Waals surface area (Å²) in [6.07, 6.45) is 1.40. The minimum atomic E-state index is -3.70. The van der Waals surface area contributed by atoms with Crippen LogP contribution in [0.25, 0.3) is 0 Å². The monoisotopic (exact) mass is 348 g/mol. The molecule has 24 heavy (non-hydrogen) atoms. The molecule has 0 radical (unpaired) electrons. The molecule has 0 spiro atoms. The Kier molecular flexibility index (Phi) is 5.46. The van der Waals surface area contributed by atoms with Crippen molar-refractivity contribution in [3.8, 4) is 11.5 Å². The van der Waals surface area contributed by atoms with Gasteiger partial charge in [0.05, 0.1) is 17.7 Å². The molecule has 128 valence electrons. The second-order valence-electron chi connectivity index (χ2n) is 5.16. The van der Waals surface area contributed by atoms with E-state index >= 15 is 0 Å². The molecule has 2 rings (SSSR count). The number of hydrogen-bond acceptors (Lipinski definition) is 5. The topological polar surface area (TPSA) is 79.2 Å². The van der Waals surface area contributed by atoms with Crippen molar-refractivity contribution in [2.45, 2.75) is 18.7 Å². The lowest BCUT2D eigenvalue weighted by atomic mass is 10.2. The zero-order valence-electron chi connectivity index (χ0n) is 13.8. The van der Waals surface area contributed by atoms with Gasteiger partial charge in [0.1, 0.15) is 0 Å². The predicted octanol–water partition coefficient (Wildman–Crippen LogP) is 2.75. The SMILES string of the molecule is CCOc1cc(C=NN(C)S(=O)(=O)c2ccc(C)cc2)ccc1O. The van der Waals surface area contributed by atoms with Crippen molar-refractivity contribution < 1.29 is 18.3 Å². The highest BCUT2D eigenvalue weighted by Crippen LogP contribution is 2.26. The smallest absolute Gasteiger partial charge is 0.278 e. The van der Waals surface area contributed by atoms with Crippen LogP contribution in [0.3, 0.4) is 0 Å². The summed E-state index contributed by atoms with van der Waals surface area (Å²) < 4.78 is 31.1. The van der Waals surface area contributed by atoms with Crippen molar-refractivity contribution >= 4 is 16.2 Å². The summed E-state index contributed by atoms with van der Waals surface area (Å²) >= 11 is 0. The molecule has 0 heterocycles. The summed E-state index contributed by atoms with van der Waals surface area (Å²) in [7, 11) is -2.33. The third-order valence-corrected chi connectivity index (χ3v) is 4.98. The van der Waals surface area contributed by atoms with Gasteiger partial charge in [0.15, 0.2) is 11.5 Å². The first kappa shape index (κ1) is 17.8. The average Bonchev–Trinajstić information content (AvgIpc) is 2.55. The number of ether oxygens (including phenoxy) is 1. The molecule has 0 saturated carbocycles. The van der Waals surface area contributed by atoms with Gasteiger partial charge in [-0.05, 0) is 49.7 Å². The van der Waals surface area contributed by atoms with Crippen molar-refractivity contribution in [2.75, 3.05) is 13.7 Å². The summed E-state index contributed by atoms with van der Waals surface area (Å²) in [5.74, 6) is 0.347. The summed E-state index contributed by atoms with van der Waals surface area (Å²) in [5.41, 5.74) is 1.59. The van der Waals surface area contributed by atoms with E-state index in [9.17, 15) is 13.5 Å². The molecule has 0 aliphatic heterocycles. The molecule has 7 heteroatoms. The number of aryl methyl sites for hydroxylation is 1. The Labute approximate surface area is 142 Å². The maximum Gasteiger partial charge on any atom is 0.278 e. The van der Waals surface area contributed by atoms with Crippen molar-refractivity contribution in [1.82, 2.24) is 4.41 Å². The molecule has 2 aromatic rings. The van der Waals surface area contributed by atoms with Gasteiger partial charge in [-0.25, -0.2) is 0 Å². The third kappa shape index (κ3) is 4.05. The van der Waals surface area contributed by atoms with Crippen LogP contribution >= 0.6 is 0 Å². The van der Waals surface area contributed by atoms with E-state index < -0.39 is 10.0 Å². The van der Waals surface area contributed by atoms with E-state index in [0.29, 0.717) is 17.9 Å². The average molecular weight is 348 g/mol. The van der Waals surface area contributed by atoms with E-state index in [2.05, 4.69) is 5.10 Å². The number of hydrazone groups is 1. The molecule has 0 amide bonds. The summed E-state index contributed by atoms with van der Waals surface area (Å²) in [6, 6.07) is 11.2. The summed E-state index contributed by atoms with van der Waals surface area (Å²) in [4.78, 5) is 0.175. The van der Waals surface area contributed by atoms with Gasteiger partial charge < -0.3 is 9.84 Å². The molecule has 0 aromatic heterocycles. The van der Waals surface area contributed by atoms with Crippen LogP contribution in [0, 0.1) is 6.92 Å². The first-order valence-corrected chi connectivity index (χ1v) is 8.84. The number of aromatic hydroxyl groups is 1. The highest BCUT2D eigenvalue weighted by Gasteiger charge is 2.18. The molecule has 0 aliphatic carbocycles. The van der Waals surface area contributed by atoms with Gasteiger partial charge >= 0.3 is 0 Å². The molecule has 1 N–H and O–H groups in total. The predicted molar refractivity (Wildman–Crippen MR) is 93.0 cm³/mol. The van der Waals surface area contributed by atoms with Gasteiger partial charge in [0.2, 0.25) is 0 Å². The van der Waals surface area contributed by atoms with E-state index in [1.54, 1.807) is 36.4 Å². The number of sulfonamides is 1. The van der Waals surface area contributed by atoms with E-state index in [4.69, 9.17) is 4.74 Å². The van der Waals surface area contributed by atoms with Crippen LogP contribution in [0.15, 0.2) is 52.5 Å². The molecular weight excluding hydrogens is 328 g/mol. The second-order valence-corrected chi connectivity index (χ2v) is 7.11. The zero-order chi connectivity index (χ0) is 17.7. The van der Waals surface area contributed by atoms with Gasteiger partial charge in [-0.1, -0.05) is 17.7 Å². The van der Waals surface area contributed by atoms with Gasteiger partial charge in [0.25, 0.3) is 10.0 Å². The molecule has 0 aliphatic rings. The molecule has 0 fully saturated rings. The Morgan fingerprint density at radius 2 is 1.88 bits per heavy atom. The molecular formula is C17H20N2O4S. The lowest BCUT2D eigenvalue weighted by Crippen LogP contribution is -2.21. The van der Waals surface area contributed by atoms with E-state index in [-0.39, 0.29) is 10.6 Å². The Balaban J connectivity index is 2.22. The number of benzene rings is 2. The maximum atomic E-state index is 12.4. The second kappa shape index (κ2) is 7.35.